The van der Waals surface area contributed by atoms with Crippen molar-refractivity contribution in [2.45, 2.75) is 12.3 Å². The number of likely N-dealkylation sites (N-methyl/N-ethyl adjacent to an activating group) is 1. The molecule has 4 nitrogen and oxygen atoms in total. The highest BCUT2D eigenvalue weighted by atomic mass is 15.6. The number of nitrogens with zero attached hydrogens (tertiary/aromatic N) is 4. The molecule has 0 radical (unpaired) electrons. The van der Waals surface area contributed by atoms with Gasteiger partial charge in [-0.25, -0.2) is 4.90 Å². The molecular formula is C11H21N4+. The van der Waals surface area contributed by atoms with Gasteiger partial charge in [-0.15, -0.1) is 0 Å². The van der Waals surface area contributed by atoms with Crippen LogP contribution in [-0.2, 0) is 0 Å². The molecule has 4 fully saturated rings. The van der Waals surface area contributed by atoms with Crippen molar-refractivity contribution in [3.8, 4) is 0 Å². The second-order valence-corrected chi connectivity index (χ2v) is 5.86. The van der Waals surface area contributed by atoms with Crippen LogP contribution in [0.15, 0.2) is 0 Å². The van der Waals surface area contributed by atoms with E-state index in [-0.39, 0.29) is 0 Å². The molecule has 0 N–H and O–H groups in total. The molecule has 0 aromatic heterocycles. The summed E-state index contributed by atoms with van der Waals surface area (Å²) in [5, 5.41) is 0. The summed E-state index contributed by atoms with van der Waals surface area (Å²) in [6, 6.07) is 0. The van der Waals surface area contributed by atoms with Gasteiger partial charge < -0.3 is 4.48 Å². The third kappa shape index (κ3) is 1.01. The van der Waals surface area contributed by atoms with Crippen molar-refractivity contribution >= 4 is 0 Å². The van der Waals surface area contributed by atoms with Gasteiger partial charge in [0, 0.05) is 32.7 Å². The average Bonchev–Trinajstić information content (AvgIpc) is 2.78. The van der Waals surface area contributed by atoms with Gasteiger partial charge in [0.05, 0.1) is 26.7 Å². The van der Waals surface area contributed by atoms with Crippen LogP contribution in [0.1, 0.15) is 0 Å². The van der Waals surface area contributed by atoms with E-state index in [1.165, 1.54) is 56.8 Å². The number of rotatable bonds is 0. The molecule has 4 aliphatic rings. The SMILES string of the molecule is C[N+]12CCN3CCN4CCN(CC1)C2C43. The van der Waals surface area contributed by atoms with Crippen LogP contribution in [-0.4, -0.2) is 90.9 Å². The standard InChI is InChI=1S/C11H21N4/c1-15-8-6-13-3-2-12-4-5-14(7-9-15)11(15)10(12)13/h10-11H,2-9H2,1H3/q+1. The first-order valence-electron chi connectivity index (χ1n) is 6.34. The fraction of sp³-hybridized carbons (Fsp3) is 1.00. The maximum atomic E-state index is 2.75. The Balaban J connectivity index is 1.76. The van der Waals surface area contributed by atoms with Gasteiger partial charge >= 0.3 is 0 Å². The lowest BCUT2D eigenvalue weighted by atomic mass is 10.1. The van der Waals surface area contributed by atoms with Gasteiger partial charge in [0.25, 0.3) is 0 Å². The molecule has 15 heavy (non-hydrogen) atoms. The van der Waals surface area contributed by atoms with E-state index in [1.807, 2.05) is 0 Å². The fourth-order valence-electron chi connectivity index (χ4n) is 4.25. The Morgan fingerprint density at radius 1 is 0.800 bits per heavy atom. The first-order chi connectivity index (χ1) is 7.28. The van der Waals surface area contributed by atoms with Crippen molar-refractivity contribution in [1.82, 2.24) is 14.7 Å². The molecule has 4 heterocycles. The monoisotopic (exact) mass is 209 g/mol. The van der Waals surface area contributed by atoms with Crippen molar-refractivity contribution < 1.29 is 4.48 Å². The number of hydrogen-bond donors (Lipinski definition) is 0. The molecule has 0 spiro atoms. The molecule has 0 aromatic rings. The fourth-order valence-corrected chi connectivity index (χ4v) is 4.25. The van der Waals surface area contributed by atoms with E-state index >= 15 is 0 Å². The molecule has 0 aliphatic carbocycles. The highest BCUT2D eigenvalue weighted by molar-refractivity contribution is 4.96. The van der Waals surface area contributed by atoms with Crippen molar-refractivity contribution in [1.29, 1.82) is 0 Å². The van der Waals surface area contributed by atoms with Crippen LogP contribution in [0.5, 0.6) is 0 Å². The Bertz CT molecular complexity index is 288. The van der Waals surface area contributed by atoms with Gasteiger partial charge in [0.2, 0.25) is 0 Å². The third-order valence-electron chi connectivity index (χ3n) is 5.17. The summed E-state index contributed by atoms with van der Waals surface area (Å²) >= 11 is 0. The van der Waals surface area contributed by atoms with E-state index in [0.29, 0.717) is 0 Å². The summed E-state index contributed by atoms with van der Waals surface area (Å²) in [4.78, 5) is 8.20. The van der Waals surface area contributed by atoms with Crippen LogP contribution < -0.4 is 0 Å². The zero-order valence-electron chi connectivity index (χ0n) is 9.60. The average molecular weight is 209 g/mol. The Labute approximate surface area is 91.6 Å². The third-order valence-corrected chi connectivity index (χ3v) is 5.17. The normalized spacial score (nSPS) is 51.0. The molecule has 4 rings (SSSR count). The van der Waals surface area contributed by atoms with E-state index < -0.39 is 0 Å². The lowest BCUT2D eigenvalue weighted by molar-refractivity contribution is -0.936. The van der Waals surface area contributed by atoms with Crippen LogP contribution in [0.2, 0.25) is 0 Å². The predicted molar refractivity (Wildman–Crippen MR) is 58.2 cm³/mol. The maximum absolute atomic E-state index is 2.75. The zero-order valence-corrected chi connectivity index (χ0v) is 9.60. The number of quaternary nitrogens is 1. The Hall–Kier alpha value is -0.160. The van der Waals surface area contributed by atoms with Gasteiger partial charge in [-0.1, -0.05) is 0 Å². The molecule has 4 saturated heterocycles. The topological polar surface area (TPSA) is 9.72 Å². The molecule has 4 heteroatoms. The summed E-state index contributed by atoms with van der Waals surface area (Å²) < 4.78 is 1.32. The van der Waals surface area contributed by atoms with Crippen molar-refractivity contribution in [3.05, 3.63) is 0 Å². The molecule has 3 atom stereocenters. The van der Waals surface area contributed by atoms with Crippen LogP contribution in [0, 0.1) is 0 Å². The second-order valence-electron chi connectivity index (χ2n) is 5.86. The Kier molecular flexibility index (Phi) is 1.63. The van der Waals surface area contributed by atoms with Gasteiger partial charge in [-0.05, 0) is 0 Å². The molecule has 4 aliphatic heterocycles. The minimum absolute atomic E-state index is 0.750. The first-order valence-corrected chi connectivity index (χ1v) is 6.34. The number of hydrogen-bond acceptors (Lipinski definition) is 3. The molecule has 0 aromatic carbocycles. The van der Waals surface area contributed by atoms with Crippen LogP contribution in [0.4, 0.5) is 0 Å². The molecule has 84 valence electrons. The van der Waals surface area contributed by atoms with Crippen LogP contribution >= 0.6 is 0 Å². The van der Waals surface area contributed by atoms with Gasteiger partial charge in [-0.3, -0.25) is 9.80 Å². The molecule has 3 unspecified atom stereocenters. The predicted octanol–water partition coefficient (Wildman–Crippen LogP) is -0.954. The largest absolute Gasteiger partial charge is 0.306 e. The summed E-state index contributed by atoms with van der Waals surface area (Å²) in [6.45, 7) is 10.6. The highest BCUT2D eigenvalue weighted by Gasteiger charge is 2.58. The van der Waals surface area contributed by atoms with E-state index in [9.17, 15) is 0 Å². The van der Waals surface area contributed by atoms with Gasteiger partial charge in [0.15, 0.2) is 6.17 Å². The highest BCUT2D eigenvalue weighted by Crippen LogP contribution is 2.37. The minimum Gasteiger partial charge on any atom is -0.306 e. The van der Waals surface area contributed by atoms with Crippen LogP contribution in [0.25, 0.3) is 0 Å². The summed E-state index contributed by atoms with van der Waals surface area (Å²) in [5.41, 5.74) is 0. The summed E-state index contributed by atoms with van der Waals surface area (Å²) in [5.74, 6) is 0. The van der Waals surface area contributed by atoms with Crippen molar-refractivity contribution in [2.75, 3.05) is 59.4 Å². The van der Waals surface area contributed by atoms with Gasteiger partial charge in [-0.2, -0.15) is 0 Å². The van der Waals surface area contributed by atoms with Crippen molar-refractivity contribution in [3.63, 3.8) is 0 Å². The number of piperazine rings is 2. The first kappa shape index (κ1) is 8.93. The lowest BCUT2D eigenvalue weighted by Crippen LogP contribution is -2.72. The maximum Gasteiger partial charge on any atom is 0.175 e. The molecule has 0 saturated carbocycles. The van der Waals surface area contributed by atoms with Crippen LogP contribution in [0.3, 0.4) is 0 Å². The Morgan fingerprint density at radius 2 is 1.33 bits per heavy atom. The molecular weight excluding hydrogens is 188 g/mol. The summed E-state index contributed by atoms with van der Waals surface area (Å²) in [6.07, 6.45) is 1.54. The smallest absolute Gasteiger partial charge is 0.175 e. The van der Waals surface area contributed by atoms with E-state index in [0.717, 1.165) is 12.3 Å². The lowest BCUT2D eigenvalue weighted by Gasteiger charge is -2.52. The van der Waals surface area contributed by atoms with Crippen molar-refractivity contribution in [2.24, 2.45) is 0 Å². The molecule has 0 bridgehead atoms. The van der Waals surface area contributed by atoms with E-state index in [1.54, 1.807) is 0 Å². The quantitative estimate of drug-likeness (QED) is 0.476. The van der Waals surface area contributed by atoms with E-state index in [4.69, 9.17) is 0 Å². The minimum atomic E-state index is 0.750. The molecule has 0 amide bonds. The Morgan fingerprint density at radius 3 is 2.07 bits per heavy atom. The second kappa shape index (κ2) is 2.74. The van der Waals surface area contributed by atoms with E-state index in [2.05, 4.69) is 21.7 Å². The summed E-state index contributed by atoms with van der Waals surface area (Å²) in [7, 11) is 2.48. The zero-order chi connectivity index (χ0) is 10.0. The van der Waals surface area contributed by atoms with Gasteiger partial charge in [0.1, 0.15) is 6.17 Å².